The summed E-state index contributed by atoms with van der Waals surface area (Å²) in [5.74, 6) is 0.926. The van der Waals surface area contributed by atoms with Gasteiger partial charge in [0.15, 0.2) is 11.5 Å². The maximum absolute atomic E-state index is 12.6. The Hall–Kier alpha value is -4.06. The van der Waals surface area contributed by atoms with Crippen molar-refractivity contribution in [3.05, 3.63) is 90.0 Å². The lowest BCUT2D eigenvalue weighted by atomic mass is 9.92. The van der Waals surface area contributed by atoms with Crippen LogP contribution in [0.1, 0.15) is 18.1 Å². The topological polar surface area (TPSA) is 67.9 Å². The highest BCUT2D eigenvalue weighted by Crippen LogP contribution is 2.33. The van der Waals surface area contributed by atoms with Gasteiger partial charge in [-0.3, -0.25) is 9.59 Å². The first-order valence-electron chi connectivity index (χ1n) is 11.1. The van der Waals surface area contributed by atoms with Crippen LogP contribution in [0.3, 0.4) is 0 Å². The number of nitrogens with zero attached hydrogens (tertiary/aromatic N) is 1. The van der Waals surface area contributed by atoms with Crippen LogP contribution in [0.5, 0.6) is 11.5 Å². The van der Waals surface area contributed by atoms with Gasteiger partial charge in [-0.1, -0.05) is 66.7 Å². The third kappa shape index (κ3) is 5.29. The molecule has 174 valence electrons. The number of fused-ring (bicyclic) bond motifs is 1. The molecule has 34 heavy (non-hydrogen) atoms. The van der Waals surface area contributed by atoms with Crippen molar-refractivity contribution >= 4 is 17.9 Å². The molecule has 0 bridgehead atoms. The van der Waals surface area contributed by atoms with E-state index in [2.05, 4.69) is 29.6 Å². The first-order chi connectivity index (χ1) is 16.5. The van der Waals surface area contributed by atoms with Crippen molar-refractivity contribution in [1.82, 2.24) is 10.2 Å². The minimum absolute atomic E-state index is 0.104. The molecular formula is C28H28N2O4. The van der Waals surface area contributed by atoms with Gasteiger partial charge in [0.25, 0.3) is 0 Å². The van der Waals surface area contributed by atoms with Crippen LogP contribution in [-0.2, 0) is 16.1 Å². The number of ether oxygens (including phenoxy) is 2. The molecule has 2 amide bonds. The molecule has 3 aliphatic rings. The molecule has 2 unspecified atom stereocenters. The average Bonchev–Trinajstić information content (AvgIpc) is 3.46. The summed E-state index contributed by atoms with van der Waals surface area (Å²) in [4.78, 5) is 25.9. The molecule has 1 fully saturated rings. The van der Waals surface area contributed by atoms with Gasteiger partial charge in [0.1, 0.15) is 6.04 Å². The van der Waals surface area contributed by atoms with Crippen LogP contribution in [0.15, 0.2) is 78.9 Å². The number of carbonyl (C=O) groups excluding carboxylic acids is 2. The number of hydrogen-bond donors (Lipinski definition) is 1. The average molecular weight is 457 g/mol. The van der Waals surface area contributed by atoms with Crippen molar-refractivity contribution in [3.8, 4) is 22.6 Å². The number of rotatable bonds is 7. The molecule has 1 saturated heterocycles. The van der Waals surface area contributed by atoms with E-state index in [0.717, 1.165) is 11.1 Å². The van der Waals surface area contributed by atoms with Crippen molar-refractivity contribution in [3.63, 3.8) is 0 Å². The lowest BCUT2D eigenvalue weighted by molar-refractivity contribution is -0.151. The van der Waals surface area contributed by atoms with E-state index >= 15 is 0 Å². The summed E-state index contributed by atoms with van der Waals surface area (Å²) in [6, 6.07) is 23.1. The highest BCUT2D eigenvalue weighted by Gasteiger charge is 2.46. The van der Waals surface area contributed by atoms with Gasteiger partial charge in [-0.05, 0) is 40.5 Å². The van der Waals surface area contributed by atoms with Gasteiger partial charge in [-0.25, -0.2) is 0 Å². The standard InChI is InChI=1S/C22H24N2O4.C6H4/c1-15(25)23-21-18(11-9-16-7-5-4-6-8-16)24(22(21)26)14-17-10-12-19(27-2)20(13-17)28-3;1-2-5-4-6(5)3-1/h4-13,18,21H,14H2,1-3H3,(H,23,25);1-4H. The smallest absolute Gasteiger partial charge is 0.248 e. The van der Waals surface area contributed by atoms with Crippen LogP contribution in [0.25, 0.3) is 17.2 Å². The molecule has 0 spiro atoms. The summed E-state index contributed by atoms with van der Waals surface area (Å²) in [5.41, 5.74) is 4.81. The van der Waals surface area contributed by atoms with Crippen LogP contribution in [0.2, 0.25) is 0 Å². The summed E-state index contributed by atoms with van der Waals surface area (Å²) in [7, 11) is 3.16. The van der Waals surface area contributed by atoms with E-state index in [1.54, 1.807) is 19.1 Å². The maximum Gasteiger partial charge on any atom is 0.248 e. The second-order valence-electron chi connectivity index (χ2n) is 8.17. The van der Waals surface area contributed by atoms with Crippen LogP contribution >= 0.6 is 0 Å². The van der Waals surface area contributed by atoms with Crippen LogP contribution < -0.4 is 14.8 Å². The third-order valence-electron chi connectivity index (χ3n) is 5.81. The van der Waals surface area contributed by atoms with E-state index in [4.69, 9.17) is 9.47 Å². The normalized spacial score (nSPS) is 17.4. The van der Waals surface area contributed by atoms with E-state index in [-0.39, 0.29) is 17.9 Å². The quantitative estimate of drug-likeness (QED) is 0.421. The second kappa shape index (κ2) is 10.3. The Balaban J connectivity index is 0.000000388. The maximum atomic E-state index is 12.6. The fourth-order valence-corrected chi connectivity index (χ4v) is 3.96. The molecule has 0 radical (unpaired) electrons. The molecule has 2 atom stereocenters. The Bertz CT molecular complexity index is 1190. The number of nitrogens with one attached hydrogen (secondary N) is 1. The lowest BCUT2D eigenvalue weighted by Crippen LogP contribution is -2.69. The predicted octanol–water partition coefficient (Wildman–Crippen LogP) is 4.30. The molecule has 1 aliphatic heterocycles. The number of methoxy groups -OCH3 is 2. The number of carbonyl (C=O) groups is 2. The van der Waals surface area contributed by atoms with Crippen LogP contribution in [0.4, 0.5) is 0 Å². The molecular weight excluding hydrogens is 428 g/mol. The molecule has 6 nitrogen and oxygen atoms in total. The Kier molecular flexibility index (Phi) is 6.97. The number of likely N-dealkylation sites (tertiary alicyclic amines) is 1. The first kappa shape index (κ1) is 23.1. The van der Waals surface area contributed by atoms with Crippen molar-refractivity contribution in [2.75, 3.05) is 14.2 Å². The van der Waals surface area contributed by atoms with Gasteiger partial charge in [-0.2, -0.15) is 0 Å². The molecule has 1 N–H and O–H groups in total. The predicted molar refractivity (Wildman–Crippen MR) is 132 cm³/mol. The fourth-order valence-electron chi connectivity index (χ4n) is 3.96. The largest absolute Gasteiger partial charge is 0.493 e. The molecule has 0 aromatic heterocycles. The van der Waals surface area contributed by atoms with Gasteiger partial charge in [0.2, 0.25) is 11.8 Å². The number of amides is 2. The molecule has 5 rings (SSSR count). The Morgan fingerprint density at radius 1 is 0.941 bits per heavy atom. The van der Waals surface area contributed by atoms with Gasteiger partial charge >= 0.3 is 0 Å². The number of β-lactam (4-membered cyclic amide) rings is 1. The Morgan fingerprint density at radius 3 is 2.21 bits per heavy atom. The molecule has 2 aromatic rings. The Morgan fingerprint density at radius 2 is 1.65 bits per heavy atom. The summed E-state index contributed by atoms with van der Waals surface area (Å²) in [6.07, 6.45) is 3.92. The van der Waals surface area contributed by atoms with Gasteiger partial charge < -0.3 is 19.7 Å². The van der Waals surface area contributed by atoms with E-state index < -0.39 is 6.04 Å². The van der Waals surface area contributed by atoms with E-state index in [1.165, 1.54) is 18.1 Å². The van der Waals surface area contributed by atoms with Gasteiger partial charge in [0, 0.05) is 13.5 Å². The van der Waals surface area contributed by atoms with Gasteiger partial charge in [0.05, 0.1) is 20.3 Å². The van der Waals surface area contributed by atoms with Gasteiger partial charge in [-0.15, -0.1) is 0 Å². The zero-order chi connectivity index (χ0) is 24.1. The third-order valence-corrected chi connectivity index (χ3v) is 5.81. The van der Waals surface area contributed by atoms with Crippen molar-refractivity contribution in [1.29, 1.82) is 0 Å². The zero-order valence-corrected chi connectivity index (χ0v) is 19.5. The second-order valence-corrected chi connectivity index (χ2v) is 8.17. The SMILES string of the molecule is COc1ccc(CN2C(=O)C(NC(C)=O)C2C=Cc2ccccc2)cc1OC.c1cc2cc-2c1. The molecule has 2 aliphatic carbocycles. The lowest BCUT2D eigenvalue weighted by Gasteiger charge is -2.46. The van der Waals surface area contributed by atoms with E-state index in [1.807, 2.05) is 60.7 Å². The highest BCUT2D eigenvalue weighted by atomic mass is 16.5. The molecule has 6 heteroatoms. The Labute approximate surface area is 199 Å². The summed E-state index contributed by atoms with van der Waals surface area (Å²) >= 11 is 0. The zero-order valence-electron chi connectivity index (χ0n) is 19.5. The van der Waals surface area contributed by atoms with E-state index in [9.17, 15) is 9.59 Å². The summed E-state index contributed by atoms with van der Waals surface area (Å²) in [6.45, 7) is 1.83. The summed E-state index contributed by atoms with van der Waals surface area (Å²) < 4.78 is 10.6. The number of hydrogen-bond acceptors (Lipinski definition) is 4. The minimum atomic E-state index is -0.544. The van der Waals surface area contributed by atoms with Crippen LogP contribution in [-0.4, -0.2) is 43.0 Å². The first-order valence-corrected chi connectivity index (χ1v) is 11.1. The fraction of sp³-hybridized carbons (Fsp3) is 0.214. The van der Waals surface area contributed by atoms with E-state index in [0.29, 0.717) is 18.0 Å². The molecule has 2 aromatic carbocycles. The van der Waals surface area contributed by atoms with Crippen molar-refractivity contribution < 1.29 is 19.1 Å². The monoisotopic (exact) mass is 456 g/mol. The van der Waals surface area contributed by atoms with Crippen molar-refractivity contribution in [2.24, 2.45) is 0 Å². The molecule has 0 saturated carbocycles. The summed E-state index contributed by atoms with van der Waals surface area (Å²) in [5, 5.41) is 2.75. The highest BCUT2D eigenvalue weighted by molar-refractivity contribution is 5.94. The van der Waals surface area contributed by atoms with Crippen molar-refractivity contribution in [2.45, 2.75) is 25.6 Å². The molecule has 1 heterocycles. The van der Waals surface area contributed by atoms with Crippen LogP contribution in [0, 0.1) is 0 Å². The number of benzene rings is 3. The minimum Gasteiger partial charge on any atom is -0.493 e.